The number of hydrogen-bond donors (Lipinski definition) is 1. The Labute approximate surface area is 132 Å². The van der Waals surface area contributed by atoms with Gasteiger partial charge in [-0.2, -0.15) is 0 Å². The van der Waals surface area contributed by atoms with E-state index in [1.165, 1.54) is 0 Å². The fraction of sp³-hybridized carbons (Fsp3) is 0.368. The van der Waals surface area contributed by atoms with Crippen LogP contribution in [0.5, 0.6) is 0 Å². The van der Waals surface area contributed by atoms with Crippen LogP contribution in [0.1, 0.15) is 43.2 Å². The van der Waals surface area contributed by atoms with Gasteiger partial charge in [0.25, 0.3) is 0 Å². The van der Waals surface area contributed by atoms with Crippen LogP contribution in [0.4, 0.5) is 0 Å². The first kappa shape index (κ1) is 16.2. The number of carbonyl (C=O) groups is 1. The second-order valence-corrected chi connectivity index (χ2v) is 5.53. The molecule has 0 radical (unpaired) electrons. The van der Waals surface area contributed by atoms with E-state index in [-0.39, 0.29) is 11.8 Å². The number of benzene rings is 1. The number of hydrogen-bond acceptors (Lipinski definition) is 2. The van der Waals surface area contributed by atoms with Crippen molar-refractivity contribution in [2.45, 2.75) is 38.5 Å². The molecule has 2 rings (SSSR count). The summed E-state index contributed by atoms with van der Waals surface area (Å²) >= 11 is 0. The molecule has 22 heavy (non-hydrogen) atoms. The number of nitrogens with one attached hydrogen (secondary N) is 1. The fourth-order valence-corrected chi connectivity index (χ4v) is 2.51. The van der Waals surface area contributed by atoms with Gasteiger partial charge in [-0.15, -0.1) is 0 Å². The molecule has 2 aromatic rings. The lowest BCUT2D eigenvalue weighted by Crippen LogP contribution is -2.31. The summed E-state index contributed by atoms with van der Waals surface area (Å²) in [6.45, 7) is 2.92. The average Bonchev–Trinajstić information content (AvgIpc) is 2.58. The van der Waals surface area contributed by atoms with Gasteiger partial charge < -0.3 is 5.32 Å². The van der Waals surface area contributed by atoms with Crippen LogP contribution in [0.3, 0.4) is 0 Å². The van der Waals surface area contributed by atoms with Crippen molar-refractivity contribution in [2.75, 3.05) is 6.54 Å². The molecular weight excluding hydrogens is 272 g/mol. The Hall–Kier alpha value is -2.16. The van der Waals surface area contributed by atoms with Crippen LogP contribution in [0.15, 0.2) is 54.9 Å². The third kappa shape index (κ3) is 4.99. The van der Waals surface area contributed by atoms with Crippen molar-refractivity contribution in [3.63, 3.8) is 0 Å². The predicted molar refractivity (Wildman–Crippen MR) is 89.7 cm³/mol. The molecule has 116 valence electrons. The first-order chi connectivity index (χ1) is 10.8. The van der Waals surface area contributed by atoms with Crippen LogP contribution in [0, 0.1) is 0 Å². The van der Waals surface area contributed by atoms with Crippen LogP contribution in [-0.2, 0) is 11.2 Å². The molecule has 1 atom stereocenters. The fourth-order valence-electron chi connectivity index (χ4n) is 2.51. The first-order valence-corrected chi connectivity index (χ1v) is 8.03. The van der Waals surface area contributed by atoms with Gasteiger partial charge in [0.05, 0.1) is 5.92 Å². The maximum atomic E-state index is 12.6. The number of unbranched alkanes of at least 4 members (excludes halogenated alkanes) is 2. The van der Waals surface area contributed by atoms with E-state index in [0.717, 1.165) is 36.9 Å². The lowest BCUT2D eigenvalue weighted by atomic mass is 9.91. The zero-order chi connectivity index (χ0) is 15.6. The summed E-state index contributed by atoms with van der Waals surface area (Å²) in [5.74, 6) is -0.0572. The lowest BCUT2D eigenvalue weighted by molar-refractivity contribution is -0.122. The van der Waals surface area contributed by atoms with Gasteiger partial charge in [-0.25, -0.2) is 0 Å². The molecule has 0 aliphatic carbocycles. The highest BCUT2D eigenvalue weighted by molar-refractivity contribution is 5.83. The molecule has 1 heterocycles. The van der Waals surface area contributed by atoms with Crippen LogP contribution in [0.25, 0.3) is 0 Å². The Morgan fingerprint density at radius 3 is 2.64 bits per heavy atom. The molecule has 0 aliphatic rings. The molecule has 3 heteroatoms. The molecule has 1 aromatic heterocycles. The van der Waals surface area contributed by atoms with Gasteiger partial charge in [-0.1, -0.05) is 56.2 Å². The summed E-state index contributed by atoms with van der Waals surface area (Å²) in [5, 5.41) is 3.08. The van der Waals surface area contributed by atoms with Crippen molar-refractivity contribution in [3.05, 3.63) is 66.0 Å². The third-order valence-corrected chi connectivity index (χ3v) is 3.76. The van der Waals surface area contributed by atoms with E-state index >= 15 is 0 Å². The minimum absolute atomic E-state index is 0.103. The Morgan fingerprint density at radius 1 is 1.14 bits per heavy atom. The first-order valence-electron chi connectivity index (χ1n) is 8.03. The van der Waals surface area contributed by atoms with Crippen LogP contribution < -0.4 is 5.32 Å². The molecular formula is C19H24N2O. The summed E-state index contributed by atoms with van der Waals surface area (Å²) in [4.78, 5) is 16.7. The number of amides is 1. The molecule has 1 amide bonds. The lowest BCUT2D eigenvalue weighted by Gasteiger charge is -2.17. The van der Waals surface area contributed by atoms with Gasteiger partial charge in [0.15, 0.2) is 0 Å². The minimum Gasteiger partial charge on any atom is -0.356 e. The number of rotatable bonds is 8. The van der Waals surface area contributed by atoms with Crippen molar-refractivity contribution >= 4 is 5.91 Å². The van der Waals surface area contributed by atoms with Crippen LogP contribution in [-0.4, -0.2) is 17.4 Å². The molecule has 0 aliphatic heterocycles. The van der Waals surface area contributed by atoms with Crippen molar-refractivity contribution in [3.8, 4) is 0 Å². The molecule has 0 bridgehead atoms. The summed E-state index contributed by atoms with van der Waals surface area (Å²) in [6.07, 6.45) is 7.62. The minimum atomic E-state index is -0.160. The van der Waals surface area contributed by atoms with Crippen molar-refractivity contribution in [2.24, 2.45) is 0 Å². The molecule has 3 nitrogen and oxygen atoms in total. The quantitative estimate of drug-likeness (QED) is 0.754. The topological polar surface area (TPSA) is 42.0 Å². The largest absolute Gasteiger partial charge is 0.356 e. The molecule has 0 saturated heterocycles. The van der Waals surface area contributed by atoms with Crippen LogP contribution in [0.2, 0.25) is 0 Å². The molecule has 1 unspecified atom stereocenters. The Kier molecular flexibility index (Phi) is 6.62. The van der Waals surface area contributed by atoms with Crippen molar-refractivity contribution in [1.29, 1.82) is 0 Å². The smallest absolute Gasteiger partial charge is 0.227 e. The average molecular weight is 296 g/mol. The molecule has 1 aromatic carbocycles. The maximum Gasteiger partial charge on any atom is 0.227 e. The Balaban J connectivity index is 2.06. The van der Waals surface area contributed by atoms with E-state index in [4.69, 9.17) is 0 Å². The van der Waals surface area contributed by atoms with Gasteiger partial charge in [-0.3, -0.25) is 9.78 Å². The maximum absolute atomic E-state index is 12.6. The van der Waals surface area contributed by atoms with Crippen LogP contribution >= 0.6 is 0 Å². The van der Waals surface area contributed by atoms with Gasteiger partial charge in [0.1, 0.15) is 0 Å². The molecule has 0 spiro atoms. The van der Waals surface area contributed by atoms with E-state index < -0.39 is 0 Å². The zero-order valence-electron chi connectivity index (χ0n) is 13.2. The second kappa shape index (κ2) is 8.98. The molecule has 0 fully saturated rings. The number of pyridine rings is 1. The van der Waals surface area contributed by atoms with Crippen molar-refractivity contribution in [1.82, 2.24) is 10.3 Å². The second-order valence-electron chi connectivity index (χ2n) is 5.53. The van der Waals surface area contributed by atoms with Gasteiger partial charge in [0, 0.05) is 18.9 Å². The number of aromatic nitrogens is 1. The highest BCUT2D eigenvalue weighted by atomic mass is 16.1. The Morgan fingerprint density at radius 2 is 1.95 bits per heavy atom. The van der Waals surface area contributed by atoms with Gasteiger partial charge >= 0.3 is 0 Å². The molecule has 0 saturated carbocycles. The van der Waals surface area contributed by atoms with E-state index in [2.05, 4.69) is 17.2 Å². The normalized spacial score (nSPS) is 11.9. The third-order valence-electron chi connectivity index (χ3n) is 3.76. The summed E-state index contributed by atoms with van der Waals surface area (Å²) in [6, 6.07) is 13.9. The monoisotopic (exact) mass is 296 g/mol. The number of carbonyl (C=O) groups excluding carboxylic acids is 1. The van der Waals surface area contributed by atoms with E-state index in [0.29, 0.717) is 6.42 Å². The van der Waals surface area contributed by atoms with E-state index in [1.54, 1.807) is 6.20 Å². The zero-order valence-corrected chi connectivity index (χ0v) is 13.2. The van der Waals surface area contributed by atoms with Crippen molar-refractivity contribution < 1.29 is 4.79 Å². The van der Waals surface area contributed by atoms with Gasteiger partial charge in [-0.05, 0) is 30.0 Å². The van der Waals surface area contributed by atoms with E-state index in [1.807, 2.05) is 48.7 Å². The van der Waals surface area contributed by atoms with Gasteiger partial charge in [0.2, 0.25) is 5.91 Å². The number of nitrogens with zero attached hydrogens (tertiary/aromatic N) is 1. The summed E-state index contributed by atoms with van der Waals surface area (Å²) < 4.78 is 0. The SMILES string of the molecule is CCCCCNC(=O)C(Cc1cccnc1)c1ccccc1. The highest BCUT2D eigenvalue weighted by Crippen LogP contribution is 2.21. The highest BCUT2D eigenvalue weighted by Gasteiger charge is 2.20. The summed E-state index contributed by atoms with van der Waals surface area (Å²) in [7, 11) is 0. The van der Waals surface area contributed by atoms with E-state index in [9.17, 15) is 4.79 Å². The predicted octanol–water partition coefficient (Wildman–Crippen LogP) is 3.71. The summed E-state index contributed by atoms with van der Waals surface area (Å²) in [5.41, 5.74) is 2.14. The molecule has 1 N–H and O–H groups in total. The standard InChI is InChI=1S/C19H24N2O/c1-2-3-7-13-21-19(22)18(17-10-5-4-6-11-17)14-16-9-8-12-20-15-16/h4-6,8-12,15,18H,2-3,7,13-14H2,1H3,(H,21,22). The Bertz CT molecular complexity index is 554.